The normalized spacial score (nSPS) is 26.1. The Kier molecular flexibility index (Phi) is 3.52. The van der Waals surface area contributed by atoms with Crippen LogP contribution in [-0.2, 0) is 4.74 Å². The Morgan fingerprint density at radius 1 is 1.48 bits per heavy atom. The molecule has 0 saturated carbocycles. The van der Waals surface area contributed by atoms with Crippen molar-refractivity contribution in [3.8, 4) is 0 Å². The molecule has 2 aromatic rings. The number of morpholine rings is 1. The summed E-state index contributed by atoms with van der Waals surface area (Å²) in [6.07, 6.45) is 2.77. The van der Waals surface area contributed by atoms with E-state index in [2.05, 4.69) is 15.2 Å². The molecule has 2 aliphatic rings. The number of hydrogen-bond acceptors (Lipinski definition) is 5. The number of benzene rings is 1. The van der Waals surface area contributed by atoms with Gasteiger partial charge in [0.05, 0.1) is 22.9 Å². The van der Waals surface area contributed by atoms with Crippen LogP contribution in [0, 0.1) is 5.82 Å². The summed E-state index contributed by atoms with van der Waals surface area (Å²) < 4.78 is 20.1. The number of thiazole rings is 1. The molecule has 1 aromatic heterocycles. The second kappa shape index (κ2) is 5.51. The van der Waals surface area contributed by atoms with E-state index in [4.69, 9.17) is 4.74 Å². The molecule has 1 N–H and O–H groups in total. The van der Waals surface area contributed by atoms with Gasteiger partial charge in [0, 0.05) is 25.2 Å². The molecular formula is C15H18FN3OS. The monoisotopic (exact) mass is 307 g/mol. The van der Waals surface area contributed by atoms with E-state index in [-0.39, 0.29) is 11.9 Å². The SMILES string of the molecule is Fc1ccc2sc(NCC3CN4CCCC4CO3)nc2c1. The number of halogens is 1. The average molecular weight is 307 g/mol. The van der Waals surface area contributed by atoms with E-state index >= 15 is 0 Å². The van der Waals surface area contributed by atoms with Crippen molar-refractivity contribution in [2.24, 2.45) is 0 Å². The Bertz CT molecular complexity index is 647. The van der Waals surface area contributed by atoms with Crippen LogP contribution >= 0.6 is 11.3 Å². The molecule has 0 amide bonds. The fraction of sp³-hybridized carbons (Fsp3) is 0.533. The van der Waals surface area contributed by atoms with Crippen molar-refractivity contribution in [1.29, 1.82) is 0 Å². The summed E-state index contributed by atoms with van der Waals surface area (Å²) >= 11 is 1.56. The second-order valence-electron chi connectivity index (χ2n) is 5.76. The van der Waals surface area contributed by atoms with Crippen LogP contribution < -0.4 is 5.32 Å². The summed E-state index contributed by atoms with van der Waals surface area (Å²) in [4.78, 5) is 6.95. The van der Waals surface area contributed by atoms with E-state index in [0.29, 0.717) is 11.6 Å². The molecule has 2 saturated heterocycles. The van der Waals surface area contributed by atoms with Gasteiger partial charge in [-0.25, -0.2) is 9.37 Å². The maximum absolute atomic E-state index is 13.2. The molecule has 0 aliphatic carbocycles. The van der Waals surface area contributed by atoms with Gasteiger partial charge in [0.2, 0.25) is 0 Å². The van der Waals surface area contributed by atoms with Gasteiger partial charge in [-0.15, -0.1) is 0 Å². The molecule has 3 heterocycles. The van der Waals surface area contributed by atoms with Crippen molar-refractivity contribution < 1.29 is 9.13 Å². The van der Waals surface area contributed by atoms with Gasteiger partial charge in [-0.05, 0) is 31.5 Å². The summed E-state index contributed by atoms with van der Waals surface area (Å²) in [7, 11) is 0. The number of anilines is 1. The molecule has 4 nitrogen and oxygen atoms in total. The van der Waals surface area contributed by atoms with Crippen molar-refractivity contribution in [1.82, 2.24) is 9.88 Å². The molecule has 4 rings (SSSR count). The van der Waals surface area contributed by atoms with E-state index in [9.17, 15) is 4.39 Å². The van der Waals surface area contributed by atoms with Crippen LogP contribution in [0.3, 0.4) is 0 Å². The molecule has 112 valence electrons. The van der Waals surface area contributed by atoms with Crippen LogP contribution in [0.4, 0.5) is 9.52 Å². The van der Waals surface area contributed by atoms with Crippen molar-refractivity contribution >= 4 is 26.7 Å². The van der Waals surface area contributed by atoms with Gasteiger partial charge in [-0.1, -0.05) is 11.3 Å². The van der Waals surface area contributed by atoms with Crippen molar-refractivity contribution in [2.45, 2.75) is 25.0 Å². The van der Waals surface area contributed by atoms with E-state index in [1.54, 1.807) is 17.4 Å². The molecule has 1 aromatic carbocycles. The number of fused-ring (bicyclic) bond motifs is 2. The smallest absolute Gasteiger partial charge is 0.183 e. The third kappa shape index (κ3) is 2.75. The molecule has 2 atom stereocenters. The predicted octanol–water partition coefficient (Wildman–Crippen LogP) is 2.71. The molecule has 6 heteroatoms. The molecule has 0 radical (unpaired) electrons. The number of nitrogens with one attached hydrogen (secondary N) is 1. The van der Waals surface area contributed by atoms with Gasteiger partial charge < -0.3 is 10.1 Å². The largest absolute Gasteiger partial charge is 0.373 e. The first-order valence-electron chi connectivity index (χ1n) is 7.43. The molecular weight excluding hydrogens is 289 g/mol. The van der Waals surface area contributed by atoms with E-state index in [1.165, 1.54) is 31.5 Å². The Labute approximate surface area is 126 Å². The average Bonchev–Trinajstić information content (AvgIpc) is 3.09. The Morgan fingerprint density at radius 3 is 3.38 bits per heavy atom. The highest BCUT2D eigenvalue weighted by molar-refractivity contribution is 7.22. The van der Waals surface area contributed by atoms with E-state index in [0.717, 1.165) is 29.5 Å². The minimum atomic E-state index is -0.241. The fourth-order valence-corrected chi connectivity index (χ4v) is 4.04. The van der Waals surface area contributed by atoms with Gasteiger partial charge in [0.25, 0.3) is 0 Å². The van der Waals surface area contributed by atoms with Gasteiger partial charge in [0.1, 0.15) is 5.82 Å². The highest BCUT2D eigenvalue weighted by Gasteiger charge is 2.32. The van der Waals surface area contributed by atoms with Crippen LogP contribution in [0.1, 0.15) is 12.8 Å². The van der Waals surface area contributed by atoms with Crippen LogP contribution in [-0.4, -0.2) is 48.3 Å². The lowest BCUT2D eigenvalue weighted by atomic mass is 10.2. The first kappa shape index (κ1) is 13.4. The second-order valence-corrected chi connectivity index (χ2v) is 6.79. The summed E-state index contributed by atoms with van der Waals surface area (Å²) in [5.74, 6) is -0.241. The van der Waals surface area contributed by atoms with Crippen molar-refractivity contribution in [3.05, 3.63) is 24.0 Å². The van der Waals surface area contributed by atoms with Crippen LogP contribution in [0.15, 0.2) is 18.2 Å². The molecule has 2 unspecified atom stereocenters. The van der Waals surface area contributed by atoms with Crippen molar-refractivity contribution in [2.75, 3.05) is 31.6 Å². The minimum Gasteiger partial charge on any atom is -0.373 e. The zero-order valence-electron chi connectivity index (χ0n) is 11.7. The maximum Gasteiger partial charge on any atom is 0.183 e. The van der Waals surface area contributed by atoms with Crippen molar-refractivity contribution in [3.63, 3.8) is 0 Å². The van der Waals surface area contributed by atoms with Crippen LogP contribution in [0.2, 0.25) is 0 Å². The molecule has 0 bridgehead atoms. The lowest BCUT2D eigenvalue weighted by Gasteiger charge is -2.35. The minimum absolute atomic E-state index is 0.211. The Morgan fingerprint density at radius 2 is 2.43 bits per heavy atom. The lowest BCUT2D eigenvalue weighted by Crippen LogP contribution is -2.48. The number of aromatic nitrogens is 1. The zero-order chi connectivity index (χ0) is 14.2. The maximum atomic E-state index is 13.2. The van der Waals surface area contributed by atoms with Gasteiger partial charge in [-0.2, -0.15) is 0 Å². The number of rotatable bonds is 3. The first-order valence-corrected chi connectivity index (χ1v) is 8.25. The van der Waals surface area contributed by atoms with Crippen LogP contribution in [0.5, 0.6) is 0 Å². The van der Waals surface area contributed by atoms with Gasteiger partial charge in [-0.3, -0.25) is 4.90 Å². The summed E-state index contributed by atoms with van der Waals surface area (Å²) in [5, 5.41) is 4.17. The quantitative estimate of drug-likeness (QED) is 0.946. The third-order valence-electron chi connectivity index (χ3n) is 4.29. The lowest BCUT2D eigenvalue weighted by molar-refractivity contribution is -0.0415. The van der Waals surface area contributed by atoms with E-state index < -0.39 is 0 Å². The summed E-state index contributed by atoms with van der Waals surface area (Å²) in [6, 6.07) is 5.36. The summed E-state index contributed by atoms with van der Waals surface area (Å²) in [5.41, 5.74) is 0.715. The van der Waals surface area contributed by atoms with Gasteiger partial charge in [0.15, 0.2) is 5.13 Å². The molecule has 0 spiro atoms. The number of ether oxygens (including phenoxy) is 1. The predicted molar refractivity (Wildman–Crippen MR) is 82.4 cm³/mol. The molecule has 2 aliphatic heterocycles. The summed E-state index contributed by atoms with van der Waals surface area (Å²) in [6.45, 7) is 3.80. The molecule has 21 heavy (non-hydrogen) atoms. The third-order valence-corrected chi connectivity index (χ3v) is 5.29. The zero-order valence-corrected chi connectivity index (χ0v) is 12.5. The topological polar surface area (TPSA) is 37.4 Å². The first-order chi connectivity index (χ1) is 10.3. The van der Waals surface area contributed by atoms with Gasteiger partial charge >= 0.3 is 0 Å². The molecule has 2 fully saturated rings. The Hall–Kier alpha value is -1.24. The standard InChI is InChI=1S/C15H18FN3OS/c16-10-3-4-14-13(6-10)18-15(21-14)17-7-12-8-19-5-1-2-11(19)9-20-12/h3-4,6,11-12H,1-2,5,7-9H2,(H,17,18). The highest BCUT2D eigenvalue weighted by atomic mass is 32.1. The fourth-order valence-electron chi connectivity index (χ4n) is 3.19. The number of hydrogen-bond donors (Lipinski definition) is 1. The number of nitrogens with zero attached hydrogens (tertiary/aromatic N) is 2. The van der Waals surface area contributed by atoms with E-state index in [1.807, 2.05) is 0 Å². The van der Waals surface area contributed by atoms with Crippen LogP contribution in [0.25, 0.3) is 10.2 Å². The highest BCUT2D eigenvalue weighted by Crippen LogP contribution is 2.27. The Balaban J connectivity index is 1.39.